The van der Waals surface area contributed by atoms with Crippen LogP contribution in [0.2, 0.25) is 0 Å². The molecule has 0 fully saturated rings. The van der Waals surface area contributed by atoms with E-state index >= 15 is 0 Å². The second-order valence-corrected chi connectivity index (χ2v) is 6.24. The van der Waals surface area contributed by atoms with Gasteiger partial charge in [-0.15, -0.1) is 0 Å². The van der Waals surface area contributed by atoms with Crippen molar-refractivity contribution in [3.8, 4) is 0 Å². The van der Waals surface area contributed by atoms with Gasteiger partial charge in [-0.3, -0.25) is 14.3 Å². The largest absolute Gasteiger partial charge is 0.449 e. The van der Waals surface area contributed by atoms with Crippen LogP contribution in [-0.4, -0.2) is 33.5 Å². The Bertz CT molecular complexity index is 895. The Morgan fingerprint density at radius 2 is 1.81 bits per heavy atom. The highest BCUT2D eigenvalue weighted by atomic mass is 16.5. The molecule has 0 unspecified atom stereocenters. The van der Waals surface area contributed by atoms with E-state index in [2.05, 4.69) is 10.4 Å². The molecule has 0 saturated carbocycles. The molecule has 1 atom stereocenters. The molecular formula is C20H23N3O4. The summed E-state index contributed by atoms with van der Waals surface area (Å²) in [5.41, 5.74) is 3.65. The Morgan fingerprint density at radius 3 is 2.33 bits per heavy atom. The van der Waals surface area contributed by atoms with Crippen LogP contribution in [-0.2, 0) is 21.4 Å². The summed E-state index contributed by atoms with van der Waals surface area (Å²) in [6, 6.07) is 6.49. The lowest BCUT2D eigenvalue weighted by atomic mass is 10.1. The van der Waals surface area contributed by atoms with Crippen molar-refractivity contribution in [3.05, 3.63) is 52.9 Å². The molecule has 1 amide bonds. The number of aryl methyl sites for hydroxylation is 2. The number of ether oxygens (including phenoxy) is 1. The molecule has 2 aromatic rings. The number of rotatable bonds is 6. The van der Waals surface area contributed by atoms with Crippen LogP contribution in [0.15, 0.2) is 30.3 Å². The van der Waals surface area contributed by atoms with Gasteiger partial charge in [-0.25, -0.2) is 4.79 Å². The van der Waals surface area contributed by atoms with Gasteiger partial charge in [0.1, 0.15) is 0 Å². The molecule has 27 heavy (non-hydrogen) atoms. The topological polar surface area (TPSA) is 90.3 Å². The van der Waals surface area contributed by atoms with Crippen molar-refractivity contribution < 1.29 is 19.1 Å². The number of ketones is 1. The summed E-state index contributed by atoms with van der Waals surface area (Å²) in [5.74, 6) is -1.13. The van der Waals surface area contributed by atoms with Gasteiger partial charge in [0.05, 0.1) is 5.69 Å². The molecule has 7 nitrogen and oxygen atoms in total. The summed E-state index contributed by atoms with van der Waals surface area (Å²) < 4.78 is 6.87. The van der Waals surface area contributed by atoms with Crippen molar-refractivity contribution in [2.24, 2.45) is 7.05 Å². The molecule has 1 aromatic heterocycles. The van der Waals surface area contributed by atoms with Crippen LogP contribution in [0.4, 0.5) is 5.69 Å². The first kappa shape index (κ1) is 20.1. The van der Waals surface area contributed by atoms with Crippen LogP contribution in [0.1, 0.15) is 41.2 Å². The summed E-state index contributed by atoms with van der Waals surface area (Å²) in [4.78, 5) is 35.4. The van der Waals surface area contributed by atoms with E-state index in [1.165, 1.54) is 19.9 Å². The SMILES string of the molecule is CC(=O)c1ccc(NC(=O)[C@H](C)OC(=O)/C=C/c2c(C)nn(C)c2C)cc1. The molecule has 0 saturated heterocycles. The van der Waals surface area contributed by atoms with E-state index in [0.717, 1.165) is 17.0 Å². The molecule has 142 valence electrons. The summed E-state index contributed by atoms with van der Waals surface area (Å²) in [5, 5.41) is 6.91. The van der Waals surface area contributed by atoms with E-state index in [4.69, 9.17) is 4.74 Å². The molecule has 1 aromatic carbocycles. The molecule has 0 spiro atoms. The second-order valence-electron chi connectivity index (χ2n) is 6.24. The van der Waals surface area contributed by atoms with Crippen LogP contribution >= 0.6 is 0 Å². The average molecular weight is 369 g/mol. The third kappa shape index (κ3) is 5.13. The number of esters is 1. The molecule has 2 rings (SSSR count). The minimum atomic E-state index is -0.967. The smallest absolute Gasteiger partial charge is 0.331 e. The van der Waals surface area contributed by atoms with Gasteiger partial charge in [-0.2, -0.15) is 5.10 Å². The number of hydrogen-bond acceptors (Lipinski definition) is 5. The first-order chi connectivity index (χ1) is 12.7. The number of hydrogen-bond donors (Lipinski definition) is 1. The van der Waals surface area contributed by atoms with Gasteiger partial charge < -0.3 is 10.1 Å². The molecule has 1 heterocycles. The maximum absolute atomic E-state index is 12.2. The number of anilines is 1. The van der Waals surface area contributed by atoms with Crippen LogP contribution in [0.5, 0.6) is 0 Å². The predicted molar refractivity (Wildman–Crippen MR) is 102 cm³/mol. The Balaban J connectivity index is 1.94. The highest BCUT2D eigenvalue weighted by Crippen LogP contribution is 2.14. The fraction of sp³-hybridized carbons (Fsp3) is 0.300. The molecule has 0 aliphatic rings. The lowest BCUT2D eigenvalue weighted by molar-refractivity contribution is -0.148. The van der Waals surface area contributed by atoms with Crippen molar-refractivity contribution in [2.75, 3.05) is 5.32 Å². The molecular weight excluding hydrogens is 346 g/mol. The Hall–Kier alpha value is -3.22. The second kappa shape index (κ2) is 8.44. The number of Topliss-reactive ketones (excluding diaryl/α,β-unsaturated/α-hetero) is 1. The Morgan fingerprint density at radius 1 is 1.19 bits per heavy atom. The Kier molecular flexibility index (Phi) is 6.28. The molecule has 1 N–H and O–H groups in total. The monoisotopic (exact) mass is 369 g/mol. The number of nitrogens with one attached hydrogen (secondary N) is 1. The maximum atomic E-state index is 12.2. The maximum Gasteiger partial charge on any atom is 0.331 e. The zero-order valence-corrected chi connectivity index (χ0v) is 16.1. The lowest BCUT2D eigenvalue weighted by Crippen LogP contribution is -2.29. The van der Waals surface area contributed by atoms with Crippen LogP contribution in [0, 0.1) is 13.8 Å². The molecule has 0 aliphatic heterocycles. The summed E-state index contributed by atoms with van der Waals surface area (Å²) in [6.45, 7) is 6.71. The summed E-state index contributed by atoms with van der Waals surface area (Å²) in [6.07, 6.45) is 1.94. The lowest BCUT2D eigenvalue weighted by Gasteiger charge is -2.12. The number of carbonyl (C=O) groups excluding carboxylic acids is 3. The van der Waals surface area contributed by atoms with E-state index in [0.29, 0.717) is 11.3 Å². The first-order valence-electron chi connectivity index (χ1n) is 8.49. The van der Waals surface area contributed by atoms with Crippen LogP contribution < -0.4 is 5.32 Å². The molecule has 0 aliphatic carbocycles. The van der Waals surface area contributed by atoms with Crippen molar-refractivity contribution >= 4 is 29.4 Å². The van der Waals surface area contributed by atoms with Gasteiger partial charge in [0.15, 0.2) is 11.9 Å². The molecule has 7 heteroatoms. The van der Waals surface area contributed by atoms with Crippen molar-refractivity contribution in [1.29, 1.82) is 0 Å². The minimum Gasteiger partial charge on any atom is -0.449 e. The third-order valence-electron chi connectivity index (χ3n) is 4.17. The standard InChI is InChI=1S/C20H23N3O4/c1-12-18(13(2)23(5)22-12)10-11-19(25)27-15(4)20(26)21-17-8-6-16(7-9-17)14(3)24/h6-11,15H,1-5H3,(H,21,26)/b11-10+/t15-/m0/s1. The quantitative estimate of drug-likeness (QED) is 0.480. The number of nitrogens with zero attached hydrogens (tertiary/aromatic N) is 2. The minimum absolute atomic E-state index is 0.0546. The Labute approximate surface area is 158 Å². The van der Waals surface area contributed by atoms with Gasteiger partial charge in [-0.1, -0.05) is 0 Å². The van der Waals surface area contributed by atoms with Gasteiger partial charge in [-0.05, 0) is 58.0 Å². The highest BCUT2D eigenvalue weighted by Gasteiger charge is 2.17. The molecule has 0 bridgehead atoms. The van der Waals surface area contributed by atoms with E-state index in [-0.39, 0.29) is 5.78 Å². The predicted octanol–water partition coefficient (Wildman–Crippen LogP) is 2.82. The fourth-order valence-electron chi connectivity index (χ4n) is 2.48. The van der Waals surface area contributed by atoms with Crippen molar-refractivity contribution in [2.45, 2.75) is 33.8 Å². The average Bonchev–Trinajstić information content (AvgIpc) is 2.85. The zero-order valence-electron chi connectivity index (χ0n) is 16.1. The highest BCUT2D eigenvalue weighted by molar-refractivity contribution is 5.98. The third-order valence-corrected chi connectivity index (χ3v) is 4.17. The van der Waals surface area contributed by atoms with Crippen LogP contribution in [0.3, 0.4) is 0 Å². The van der Waals surface area contributed by atoms with Gasteiger partial charge in [0, 0.05) is 35.6 Å². The zero-order chi connectivity index (χ0) is 20.1. The van der Waals surface area contributed by atoms with E-state index in [9.17, 15) is 14.4 Å². The van der Waals surface area contributed by atoms with E-state index in [1.807, 2.05) is 20.9 Å². The van der Waals surface area contributed by atoms with Crippen molar-refractivity contribution in [3.63, 3.8) is 0 Å². The van der Waals surface area contributed by atoms with E-state index in [1.54, 1.807) is 35.0 Å². The van der Waals surface area contributed by atoms with Gasteiger partial charge >= 0.3 is 5.97 Å². The van der Waals surface area contributed by atoms with Gasteiger partial charge in [0.2, 0.25) is 0 Å². The van der Waals surface area contributed by atoms with Crippen molar-refractivity contribution in [1.82, 2.24) is 9.78 Å². The first-order valence-corrected chi connectivity index (χ1v) is 8.49. The van der Waals surface area contributed by atoms with E-state index < -0.39 is 18.0 Å². The normalized spacial score (nSPS) is 12.0. The number of carbonyl (C=O) groups is 3. The van der Waals surface area contributed by atoms with Crippen LogP contribution in [0.25, 0.3) is 6.08 Å². The van der Waals surface area contributed by atoms with Gasteiger partial charge in [0.25, 0.3) is 5.91 Å². The number of amides is 1. The molecule has 0 radical (unpaired) electrons. The number of benzene rings is 1. The number of aromatic nitrogens is 2. The summed E-state index contributed by atoms with van der Waals surface area (Å²) in [7, 11) is 1.83. The summed E-state index contributed by atoms with van der Waals surface area (Å²) >= 11 is 0. The fourth-order valence-corrected chi connectivity index (χ4v) is 2.48.